The van der Waals surface area contributed by atoms with Gasteiger partial charge in [0.25, 0.3) is 0 Å². The van der Waals surface area contributed by atoms with Gasteiger partial charge in [-0.05, 0) is 43.0 Å². The van der Waals surface area contributed by atoms with E-state index in [1.807, 2.05) is 0 Å². The third-order valence-corrected chi connectivity index (χ3v) is 4.24. The highest BCUT2D eigenvalue weighted by atomic mass is 32.2. The summed E-state index contributed by atoms with van der Waals surface area (Å²) in [7, 11) is -3.62. The summed E-state index contributed by atoms with van der Waals surface area (Å²) in [5.74, 6) is 0.302. The minimum absolute atomic E-state index is 0.127. The van der Waals surface area contributed by atoms with Crippen molar-refractivity contribution in [3.63, 3.8) is 0 Å². The van der Waals surface area contributed by atoms with Crippen molar-refractivity contribution >= 4 is 15.7 Å². The molecular formula is C12H18N2O3S. The number of aliphatic hydroxyl groups excluding tert-OH is 1. The topological polar surface area (TPSA) is 83.6 Å². The van der Waals surface area contributed by atoms with Gasteiger partial charge in [0.1, 0.15) is 0 Å². The highest BCUT2D eigenvalue weighted by molar-refractivity contribution is 7.89. The zero-order valence-corrected chi connectivity index (χ0v) is 10.9. The summed E-state index contributed by atoms with van der Waals surface area (Å²) < 4.78 is 22.3. The molecule has 1 heterocycles. The Morgan fingerprint density at radius 1 is 1.33 bits per heavy atom. The first-order chi connectivity index (χ1) is 8.50. The Hall–Kier alpha value is -1.11. The molecule has 1 aliphatic heterocycles. The van der Waals surface area contributed by atoms with E-state index >= 15 is 0 Å². The maximum Gasteiger partial charge on any atom is 0.238 e. The predicted molar refractivity (Wildman–Crippen MR) is 69.8 cm³/mol. The quantitative estimate of drug-likeness (QED) is 0.840. The Morgan fingerprint density at radius 2 is 2.00 bits per heavy atom. The molecule has 0 aliphatic carbocycles. The van der Waals surface area contributed by atoms with E-state index in [1.165, 1.54) is 12.1 Å². The predicted octanol–water partition coefficient (Wildman–Crippen LogP) is 0.543. The van der Waals surface area contributed by atoms with Crippen LogP contribution in [0.25, 0.3) is 0 Å². The van der Waals surface area contributed by atoms with Crippen molar-refractivity contribution in [3.8, 4) is 0 Å². The normalized spacial score (nSPS) is 21.0. The Morgan fingerprint density at radius 3 is 2.56 bits per heavy atom. The number of hydrogen-bond donors (Lipinski definition) is 2. The van der Waals surface area contributed by atoms with Crippen LogP contribution < -0.4 is 10.0 Å². The van der Waals surface area contributed by atoms with E-state index in [-0.39, 0.29) is 11.5 Å². The number of rotatable bonds is 3. The van der Waals surface area contributed by atoms with E-state index in [0.29, 0.717) is 5.92 Å². The van der Waals surface area contributed by atoms with Gasteiger partial charge in [0.05, 0.1) is 4.90 Å². The number of sulfonamides is 1. The molecule has 0 radical (unpaired) electrons. The molecule has 0 saturated carbocycles. The third kappa shape index (κ3) is 3.01. The number of hydrogen-bond acceptors (Lipinski definition) is 4. The smallest absolute Gasteiger partial charge is 0.238 e. The van der Waals surface area contributed by atoms with Gasteiger partial charge in [0.15, 0.2) is 0 Å². The van der Waals surface area contributed by atoms with Crippen molar-refractivity contribution in [3.05, 3.63) is 24.3 Å². The molecule has 1 fully saturated rings. The number of primary sulfonamides is 1. The highest BCUT2D eigenvalue weighted by Crippen LogP contribution is 2.23. The largest absolute Gasteiger partial charge is 0.396 e. The average molecular weight is 270 g/mol. The second-order valence-corrected chi connectivity index (χ2v) is 6.24. The summed E-state index contributed by atoms with van der Waals surface area (Å²) in [6.45, 7) is 1.95. The first-order valence-electron chi connectivity index (χ1n) is 5.99. The Labute approximate surface area is 107 Å². The maximum atomic E-state index is 11.1. The minimum atomic E-state index is -3.62. The summed E-state index contributed by atoms with van der Waals surface area (Å²) >= 11 is 0. The molecule has 1 atom stereocenters. The van der Waals surface area contributed by atoms with E-state index < -0.39 is 10.0 Å². The van der Waals surface area contributed by atoms with Gasteiger partial charge in [-0.1, -0.05) is 0 Å². The van der Waals surface area contributed by atoms with Crippen LogP contribution in [0.5, 0.6) is 0 Å². The molecule has 1 unspecified atom stereocenters. The zero-order valence-electron chi connectivity index (χ0n) is 10.1. The lowest BCUT2D eigenvalue weighted by Crippen LogP contribution is -2.36. The van der Waals surface area contributed by atoms with Crippen LogP contribution in [0.4, 0.5) is 5.69 Å². The summed E-state index contributed by atoms with van der Waals surface area (Å²) in [6.07, 6.45) is 2.09. The molecule has 0 bridgehead atoms. The molecule has 1 aromatic carbocycles. The molecule has 6 heteroatoms. The fourth-order valence-electron chi connectivity index (χ4n) is 2.30. The lowest BCUT2D eigenvalue weighted by molar-refractivity contribution is 0.209. The molecule has 1 aliphatic rings. The number of aliphatic hydroxyl groups is 1. The average Bonchev–Trinajstić information content (AvgIpc) is 2.38. The van der Waals surface area contributed by atoms with Crippen LogP contribution >= 0.6 is 0 Å². The van der Waals surface area contributed by atoms with Crippen LogP contribution in [0.3, 0.4) is 0 Å². The molecule has 100 valence electrons. The minimum Gasteiger partial charge on any atom is -0.396 e. The van der Waals surface area contributed by atoms with Crippen LogP contribution in [0, 0.1) is 5.92 Å². The van der Waals surface area contributed by atoms with E-state index in [2.05, 4.69) is 4.90 Å². The summed E-state index contributed by atoms with van der Waals surface area (Å²) in [4.78, 5) is 2.29. The van der Waals surface area contributed by atoms with Crippen LogP contribution in [0.2, 0.25) is 0 Å². The van der Waals surface area contributed by atoms with Crippen molar-refractivity contribution in [2.45, 2.75) is 17.7 Å². The molecule has 1 saturated heterocycles. The van der Waals surface area contributed by atoms with Crippen molar-refractivity contribution < 1.29 is 13.5 Å². The fraction of sp³-hybridized carbons (Fsp3) is 0.500. The van der Waals surface area contributed by atoms with E-state index in [9.17, 15) is 13.5 Å². The van der Waals surface area contributed by atoms with Gasteiger partial charge < -0.3 is 10.0 Å². The molecular weight excluding hydrogens is 252 g/mol. The van der Waals surface area contributed by atoms with Crippen LogP contribution in [0.1, 0.15) is 12.8 Å². The van der Waals surface area contributed by atoms with Gasteiger partial charge in [0.2, 0.25) is 10.0 Å². The van der Waals surface area contributed by atoms with Crippen molar-refractivity contribution in [1.29, 1.82) is 0 Å². The molecule has 2 rings (SSSR count). The molecule has 0 spiro atoms. The molecule has 3 N–H and O–H groups in total. The monoisotopic (exact) mass is 270 g/mol. The van der Waals surface area contributed by atoms with Gasteiger partial charge in [-0.25, -0.2) is 13.6 Å². The van der Waals surface area contributed by atoms with Gasteiger partial charge in [-0.15, -0.1) is 0 Å². The van der Waals surface area contributed by atoms with E-state index in [0.717, 1.165) is 31.6 Å². The van der Waals surface area contributed by atoms with E-state index in [4.69, 9.17) is 5.14 Å². The SMILES string of the molecule is NS(=O)(=O)c1ccc(N2CCCC(CO)C2)cc1. The number of anilines is 1. The lowest BCUT2D eigenvalue weighted by Gasteiger charge is -2.33. The van der Waals surface area contributed by atoms with Gasteiger partial charge in [-0.2, -0.15) is 0 Å². The van der Waals surface area contributed by atoms with Crippen LogP contribution in [-0.2, 0) is 10.0 Å². The number of benzene rings is 1. The number of piperidine rings is 1. The second-order valence-electron chi connectivity index (χ2n) is 4.68. The van der Waals surface area contributed by atoms with Crippen LogP contribution in [-0.4, -0.2) is 33.2 Å². The number of nitrogens with zero attached hydrogens (tertiary/aromatic N) is 1. The Kier molecular flexibility index (Phi) is 3.89. The Bertz CT molecular complexity index is 499. The van der Waals surface area contributed by atoms with Gasteiger partial charge in [-0.3, -0.25) is 0 Å². The number of nitrogens with two attached hydrogens (primary N) is 1. The van der Waals surface area contributed by atoms with Gasteiger partial charge in [0, 0.05) is 25.4 Å². The third-order valence-electron chi connectivity index (χ3n) is 3.31. The van der Waals surface area contributed by atoms with Crippen molar-refractivity contribution in [2.75, 3.05) is 24.6 Å². The zero-order chi connectivity index (χ0) is 13.2. The lowest BCUT2D eigenvalue weighted by atomic mass is 9.98. The van der Waals surface area contributed by atoms with E-state index in [1.54, 1.807) is 12.1 Å². The molecule has 5 nitrogen and oxygen atoms in total. The second kappa shape index (κ2) is 5.26. The highest BCUT2D eigenvalue weighted by Gasteiger charge is 2.19. The molecule has 0 aromatic heterocycles. The molecule has 0 amide bonds. The first kappa shape index (κ1) is 13.3. The molecule has 18 heavy (non-hydrogen) atoms. The van der Waals surface area contributed by atoms with Crippen LogP contribution in [0.15, 0.2) is 29.2 Å². The Balaban J connectivity index is 2.14. The standard InChI is InChI=1S/C12H18N2O3S/c13-18(16,17)12-5-3-11(4-6-12)14-7-1-2-10(8-14)9-15/h3-6,10,15H,1-2,7-9H2,(H2,13,16,17). The van der Waals surface area contributed by atoms with Gasteiger partial charge >= 0.3 is 0 Å². The fourth-order valence-corrected chi connectivity index (χ4v) is 2.81. The van der Waals surface area contributed by atoms with Crippen molar-refractivity contribution in [1.82, 2.24) is 0 Å². The summed E-state index contributed by atoms with van der Waals surface area (Å²) in [6, 6.07) is 6.57. The maximum absolute atomic E-state index is 11.1. The summed E-state index contributed by atoms with van der Waals surface area (Å²) in [5.41, 5.74) is 0.973. The summed E-state index contributed by atoms with van der Waals surface area (Å²) in [5, 5.41) is 14.2. The first-order valence-corrected chi connectivity index (χ1v) is 7.54. The van der Waals surface area contributed by atoms with Crippen molar-refractivity contribution in [2.24, 2.45) is 11.1 Å². The molecule has 1 aromatic rings.